The minimum Gasteiger partial charge on any atom is -0.475 e. The van der Waals surface area contributed by atoms with E-state index in [0.29, 0.717) is 5.92 Å². The smallest absolute Gasteiger partial charge is 0.475 e. The Balaban J connectivity index is 0.000000260. The second-order valence-corrected chi connectivity index (χ2v) is 6.19. The molecule has 5 nitrogen and oxygen atoms in total. The number of nitrogens with zero attached hydrogens (tertiary/aromatic N) is 2. The number of pyridine rings is 1. The maximum atomic E-state index is 10.6. The molecule has 0 amide bonds. The van der Waals surface area contributed by atoms with Crippen LogP contribution in [0.1, 0.15) is 18.0 Å². The molecule has 0 saturated carbocycles. The number of carboxylic acid groups (broad SMARTS) is 1. The third kappa shape index (κ3) is 4.46. The molecule has 2 N–H and O–H groups in total. The number of aromatic nitrogens is 2. The van der Waals surface area contributed by atoms with Crippen molar-refractivity contribution in [2.24, 2.45) is 0 Å². The number of rotatable bonds is 2. The van der Waals surface area contributed by atoms with Crippen molar-refractivity contribution in [1.29, 1.82) is 0 Å². The van der Waals surface area contributed by atoms with Gasteiger partial charge in [0.15, 0.2) is 0 Å². The first kappa shape index (κ1) is 18.9. The van der Waals surface area contributed by atoms with Crippen LogP contribution in [0.25, 0.3) is 16.8 Å². The fraction of sp³-hybridized carbons (Fsp3) is 0.263. The highest BCUT2D eigenvalue weighted by Gasteiger charge is 2.38. The van der Waals surface area contributed by atoms with Gasteiger partial charge in [0.2, 0.25) is 0 Å². The molecule has 3 heterocycles. The minimum absolute atomic E-state index is 0.590. The fourth-order valence-corrected chi connectivity index (χ4v) is 3.02. The van der Waals surface area contributed by atoms with E-state index in [-0.39, 0.29) is 0 Å². The summed E-state index contributed by atoms with van der Waals surface area (Å²) in [5.74, 6) is -2.17. The van der Waals surface area contributed by atoms with Crippen LogP contribution in [0, 0.1) is 0 Å². The summed E-state index contributed by atoms with van der Waals surface area (Å²) in [6.45, 7) is 2.17. The molecule has 1 unspecified atom stereocenters. The SMILES string of the molecule is O=C(O)C(F)(F)F.c1ccc(-c2ccn3c(C4CCNC4)cnc3c2)cc1. The quantitative estimate of drug-likeness (QED) is 0.715. The van der Waals surface area contributed by atoms with E-state index in [4.69, 9.17) is 9.90 Å². The van der Waals surface area contributed by atoms with Crippen molar-refractivity contribution < 1.29 is 23.1 Å². The number of fused-ring (bicyclic) bond motifs is 1. The first-order chi connectivity index (χ1) is 12.9. The zero-order valence-corrected chi connectivity index (χ0v) is 14.3. The van der Waals surface area contributed by atoms with Crippen molar-refractivity contribution in [3.8, 4) is 11.1 Å². The number of nitrogens with one attached hydrogen (secondary N) is 1. The molecule has 4 rings (SSSR count). The van der Waals surface area contributed by atoms with E-state index in [2.05, 4.69) is 57.3 Å². The third-order valence-corrected chi connectivity index (χ3v) is 4.37. The highest BCUT2D eigenvalue weighted by molar-refractivity contribution is 5.73. The molecular weight excluding hydrogens is 359 g/mol. The summed E-state index contributed by atoms with van der Waals surface area (Å²) < 4.78 is 34.0. The Labute approximate surface area is 153 Å². The normalized spacial score (nSPS) is 16.8. The largest absolute Gasteiger partial charge is 0.490 e. The van der Waals surface area contributed by atoms with Crippen LogP contribution in [0.5, 0.6) is 0 Å². The third-order valence-electron chi connectivity index (χ3n) is 4.37. The lowest BCUT2D eigenvalue weighted by Crippen LogP contribution is -2.21. The van der Waals surface area contributed by atoms with Crippen LogP contribution < -0.4 is 5.32 Å². The number of hydrogen-bond acceptors (Lipinski definition) is 3. The highest BCUT2D eigenvalue weighted by atomic mass is 19.4. The maximum Gasteiger partial charge on any atom is 0.490 e. The van der Waals surface area contributed by atoms with Gasteiger partial charge in [-0.25, -0.2) is 9.78 Å². The van der Waals surface area contributed by atoms with Crippen LogP contribution in [-0.2, 0) is 4.79 Å². The van der Waals surface area contributed by atoms with Crippen molar-refractivity contribution in [3.05, 3.63) is 60.6 Å². The molecule has 27 heavy (non-hydrogen) atoms. The number of alkyl halides is 3. The van der Waals surface area contributed by atoms with Gasteiger partial charge in [-0.05, 0) is 36.2 Å². The minimum atomic E-state index is -5.08. The van der Waals surface area contributed by atoms with Crippen molar-refractivity contribution in [2.75, 3.05) is 13.1 Å². The summed E-state index contributed by atoms with van der Waals surface area (Å²) in [6, 6.07) is 14.8. The topological polar surface area (TPSA) is 66.6 Å². The molecule has 142 valence electrons. The molecule has 0 spiro atoms. The first-order valence-electron chi connectivity index (χ1n) is 8.39. The molecule has 8 heteroatoms. The summed E-state index contributed by atoms with van der Waals surface area (Å²) in [7, 11) is 0. The van der Waals surface area contributed by atoms with E-state index < -0.39 is 12.1 Å². The molecule has 0 radical (unpaired) electrons. The number of imidazole rings is 1. The molecule has 1 aliphatic rings. The summed E-state index contributed by atoms with van der Waals surface area (Å²) >= 11 is 0. The number of carboxylic acids is 1. The Bertz CT molecular complexity index is 917. The molecule has 1 saturated heterocycles. The number of halogens is 3. The number of aliphatic carboxylic acids is 1. The maximum absolute atomic E-state index is 10.6. The lowest BCUT2D eigenvalue weighted by atomic mass is 10.1. The molecule has 0 bridgehead atoms. The van der Waals surface area contributed by atoms with Crippen LogP contribution >= 0.6 is 0 Å². The Morgan fingerprint density at radius 1 is 1.19 bits per heavy atom. The van der Waals surface area contributed by atoms with Crippen molar-refractivity contribution >= 4 is 11.6 Å². The average Bonchev–Trinajstić information content (AvgIpc) is 3.31. The van der Waals surface area contributed by atoms with Crippen LogP contribution in [0.4, 0.5) is 13.2 Å². The van der Waals surface area contributed by atoms with Crippen LogP contribution in [-0.4, -0.2) is 39.7 Å². The van der Waals surface area contributed by atoms with Gasteiger partial charge < -0.3 is 14.8 Å². The van der Waals surface area contributed by atoms with Gasteiger partial charge in [0.05, 0.1) is 0 Å². The second kappa shape index (κ2) is 7.79. The van der Waals surface area contributed by atoms with Gasteiger partial charge in [-0.3, -0.25) is 0 Å². The van der Waals surface area contributed by atoms with Crippen molar-refractivity contribution in [2.45, 2.75) is 18.5 Å². The molecular formula is C19H18F3N3O2. The van der Waals surface area contributed by atoms with Gasteiger partial charge in [-0.1, -0.05) is 30.3 Å². The van der Waals surface area contributed by atoms with E-state index in [0.717, 1.165) is 18.7 Å². The van der Waals surface area contributed by atoms with Gasteiger partial charge in [0.25, 0.3) is 0 Å². The number of hydrogen-bond donors (Lipinski definition) is 2. The standard InChI is InChI=1S/C17H17N3.C2HF3O2/c1-2-4-13(5-3-1)14-7-9-20-16(12-19-17(20)10-14)15-6-8-18-11-15;3-2(4,5)1(6)7/h1-5,7,9-10,12,15,18H,6,8,11H2;(H,6,7). The van der Waals surface area contributed by atoms with Crippen molar-refractivity contribution in [3.63, 3.8) is 0 Å². The van der Waals surface area contributed by atoms with Crippen LogP contribution in [0.2, 0.25) is 0 Å². The van der Waals surface area contributed by atoms with E-state index >= 15 is 0 Å². The van der Waals surface area contributed by atoms with Crippen molar-refractivity contribution in [1.82, 2.24) is 14.7 Å². The molecule has 0 aliphatic carbocycles. The highest BCUT2D eigenvalue weighted by Crippen LogP contribution is 2.26. The lowest BCUT2D eigenvalue weighted by molar-refractivity contribution is -0.192. The van der Waals surface area contributed by atoms with Gasteiger partial charge in [0.1, 0.15) is 5.65 Å². The van der Waals surface area contributed by atoms with Crippen LogP contribution in [0.3, 0.4) is 0 Å². The predicted molar refractivity (Wildman–Crippen MR) is 94.5 cm³/mol. The molecule has 1 aromatic carbocycles. The first-order valence-corrected chi connectivity index (χ1v) is 8.39. The Morgan fingerprint density at radius 2 is 1.89 bits per heavy atom. The molecule has 2 aromatic heterocycles. The zero-order chi connectivity index (χ0) is 19.4. The van der Waals surface area contributed by atoms with E-state index in [1.165, 1.54) is 23.2 Å². The summed E-state index contributed by atoms with van der Waals surface area (Å²) in [4.78, 5) is 13.5. The molecule has 3 aromatic rings. The Hall–Kier alpha value is -2.87. The van der Waals surface area contributed by atoms with E-state index in [9.17, 15) is 13.2 Å². The van der Waals surface area contributed by atoms with Gasteiger partial charge in [-0.2, -0.15) is 13.2 Å². The second-order valence-electron chi connectivity index (χ2n) is 6.19. The average molecular weight is 377 g/mol. The zero-order valence-electron chi connectivity index (χ0n) is 14.3. The number of benzene rings is 1. The Kier molecular flexibility index (Phi) is 5.46. The predicted octanol–water partition coefficient (Wildman–Crippen LogP) is 3.71. The van der Waals surface area contributed by atoms with Gasteiger partial charge >= 0.3 is 12.1 Å². The van der Waals surface area contributed by atoms with Gasteiger partial charge in [-0.15, -0.1) is 0 Å². The molecule has 1 fully saturated rings. The summed E-state index contributed by atoms with van der Waals surface area (Å²) in [5, 5.41) is 10.5. The molecule has 1 aliphatic heterocycles. The van der Waals surface area contributed by atoms with Crippen LogP contribution in [0.15, 0.2) is 54.9 Å². The summed E-state index contributed by atoms with van der Waals surface area (Å²) in [6.07, 6.45) is 0.300. The Morgan fingerprint density at radius 3 is 2.48 bits per heavy atom. The molecule has 1 atom stereocenters. The van der Waals surface area contributed by atoms with E-state index in [1.807, 2.05) is 12.3 Å². The van der Waals surface area contributed by atoms with Gasteiger partial charge in [0, 0.05) is 30.6 Å². The summed E-state index contributed by atoms with van der Waals surface area (Å²) in [5.41, 5.74) is 4.82. The monoisotopic (exact) mass is 377 g/mol. The fourth-order valence-electron chi connectivity index (χ4n) is 3.02. The lowest BCUT2D eigenvalue weighted by Gasteiger charge is -2.09. The van der Waals surface area contributed by atoms with E-state index in [1.54, 1.807) is 0 Å². The number of carbonyl (C=O) groups is 1.